The normalized spacial score (nSPS) is 17.8. The van der Waals surface area contributed by atoms with Crippen molar-refractivity contribution < 1.29 is 43.7 Å². The van der Waals surface area contributed by atoms with Crippen LogP contribution in [-0.2, 0) is 24.0 Å². The Balaban J connectivity index is 1.44. The van der Waals surface area contributed by atoms with Gasteiger partial charge in [0.25, 0.3) is 0 Å². The van der Waals surface area contributed by atoms with Gasteiger partial charge in [-0.25, -0.2) is 0 Å². The molecule has 4 rings (SSSR count). The molecule has 2 aromatic rings. The number of aromatic nitrogens is 1. The molecule has 3 heterocycles. The number of ether oxygens (including phenoxy) is 1. The zero-order valence-electron chi connectivity index (χ0n) is 20.7. The molecule has 8 nitrogen and oxygen atoms in total. The summed E-state index contributed by atoms with van der Waals surface area (Å²) < 4.78 is 14.3. The van der Waals surface area contributed by atoms with Crippen LogP contribution in [0.15, 0.2) is 29.2 Å². The summed E-state index contributed by atoms with van der Waals surface area (Å²) in [6.45, 7) is 5.11. The van der Waals surface area contributed by atoms with Crippen molar-refractivity contribution >= 4 is 28.0 Å². The molecule has 0 saturated heterocycles. The second kappa shape index (κ2) is 11.3. The molecular formula is C26H30BN2O6W-. The van der Waals surface area contributed by atoms with Gasteiger partial charge in [0.05, 0.1) is 6.10 Å². The van der Waals surface area contributed by atoms with Gasteiger partial charge < -0.3 is 9.68 Å². The minimum absolute atomic E-state index is 0.105. The number of carbonyl (C=O) groups is 1. The first-order valence-corrected chi connectivity index (χ1v) is 13.7. The fourth-order valence-electron chi connectivity index (χ4n) is 4.80. The molecule has 10 heteroatoms. The van der Waals surface area contributed by atoms with Gasteiger partial charge in [0.15, 0.2) is 0 Å². The van der Waals surface area contributed by atoms with Crippen LogP contribution in [0.25, 0.3) is 5.57 Å². The molecule has 2 N–H and O–H groups in total. The number of carboxylic acids is 1. The van der Waals surface area contributed by atoms with E-state index in [1.54, 1.807) is 4.68 Å². The number of hydrogen-bond acceptors (Lipinski definition) is 6. The molecule has 0 aliphatic carbocycles. The molecule has 0 radical (unpaired) electrons. The Bertz CT molecular complexity index is 1270. The first-order valence-electron chi connectivity index (χ1n) is 12.2. The fraction of sp³-hybridized carbons (Fsp3) is 0.423. The van der Waals surface area contributed by atoms with Gasteiger partial charge >= 0.3 is 176 Å². The fourth-order valence-corrected chi connectivity index (χ4v) is 5.49. The van der Waals surface area contributed by atoms with E-state index in [2.05, 4.69) is 6.08 Å². The van der Waals surface area contributed by atoms with Gasteiger partial charge in [0.1, 0.15) is 0 Å². The number of allylic oxidation sites excluding steroid dienone is 1. The molecule has 0 fully saturated rings. The summed E-state index contributed by atoms with van der Waals surface area (Å²) in [6, 6.07) is 5.77. The van der Waals surface area contributed by atoms with Gasteiger partial charge in [0, 0.05) is 0 Å². The van der Waals surface area contributed by atoms with Crippen LogP contribution >= 0.6 is 0 Å². The molecule has 1 atom stereocenters. The molecule has 1 aromatic carbocycles. The van der Waals surface area contributed by atoms with Gasteiger partial charge in [-0.05, 0) is 12.0 Å². The number of carboxylic acid groups (broad SMARTS) is 1. The van der Waals surface area contributed by atoms with Crippen molar-refractivity contribution in [2.75, 3.05) is 25.2 Å². The van der Waals surface area contributed by atoms with E-state index in [1.807, 2.05) is 44.1 Å². The summed E-state index contributed by atoms with van der Waals surface area (Å²) in [5, 5.41) is 21.8. The van der Waals surface area contributed by atoms with Crippen molar-refractivity contribution in [2.45, 2.75) is 52.1 Å². The zero-order chi connectivity index (χ0) is 26.0. The number of aromatic carboxylic acids is 1. The maximum atomic E-state index is 13.0. The topological polar surface area (TPSA) is 101 Å². The van der Waals surface area contributed by atoms with Gasteiger partial charge in [-0.3, -0.25) is 0 Å². The Hall–Kier alpha value is -2.48. The second-order valence-electron chi connectivity index (χ2n) is 9.04. The van der Waals surface area contributed by atoms with Gasteiger partial charge in [-0.15, -0.1) is 0 Å². The van der Waals surface area contributed by atoms with Crippen molar-refractivity contribution in [3.05, 3.63) is 63.1 Å². The van der Waals surface area contributed by atoms with Crippen molar-refractivity contribution in [3.8, 4) is 5.75 Å². The minimum atomic E-state index is -1.21. The minimum Gasteiger partial charge on any atom is -0.0583 e. The number of hydrogen-bond donors (Lipinski definition) is 2. The standard InChI is InChI=1S/C26H30BN2O6.W/c1-4-18-24-17(13-14-28(3)29(24)16-20(25(18)30)26(31)32)10-7-6-8-15-34-22-12-9-11-19-21(5-2)35-27(33)23(19)22;/h9,11-12,16,21,33H,5-8,13-15H2,1-3H3,(H,31,32);/q-1;. The van der Waals surface area contributed by atoms with Crippen LogP contribution in [0.3, 0.4) is 0 Å². The average molecular weight is 661 g/mol. The number of pyridine rings is 1. The van der Waals surface area contributed by atoms with Gasteiger partial charge in [0.2, 0.25) is 0 Å². The van der Waals surface area contributed by atoms with E-state index in [0.717, 1.165) is 71.2 Å². The molecule has 0 bridgehead atoms. The van der Waals surface area contributed by atoms with E-state index in [-0.39, 0.29) is 11.7 Å². The van der Waals surface area contributed by atoms with Crippen LogP contribution in [0.2, 0.25) is 0 Å². The average Bonchev–Trinajstić information content (AvgIpc) is 3.18. The SMILES string of the molecule is CCC1OB(O)c2c(OCCCC[C-]=C3CCN(C)n4cc(C(=O)O)c(=O)c([C](C)=[W])c43)cccc21. The van der Waals surface area contributed by atoms with Crippen LogP contribution in [-0.4, -0.2) is 52.0 Å². The van der Waals surface area contributed by atoms with Crippen molar-refractivity contribution in [1.82, 2.24) is 4.68 Å². The molecule has 2 aliphatic rings. The van der Waals surface area contributed by atoms with E-state index in [4.69, 9.17) is 9.39 Å². The van der Waals surface area contributed by atoms with Gasteiger partial charge in [-0.2, -0.15) is 0 Å². The predicted molar refractivity (Wildman–Crippen MR) is 135 cm³/mol. The molecule has 2 aliphatic heterocycles. The van der Waals surface area contributed by atoms with Crippen LogP contribution in [0.1, 0.15) is 79.2 Å². The quantitative estimate of drug-likeness (QED) is 0.242. The Morgan fingerprint density at radius 3 is 2.83 bits per heavy atom. The number of nitrogens with zero attached hydrogens (tertiary/aromatic N) is 2. The van der Waals surface area contributed by atoms with Crippen molar-refractivity contribution in [3.63, 3.8) is 0 Å². The Morgan fingerprint density at radius 1 is 1.36 bits per heavy atom. The third-order valence-electron chi connectivity index (χ3n) is 6.64. The van der Waals surface area contributed by atoms with E-state index < -0.39 is 18.5 Å². The number of unbranched alkanes of at least 4 members (excludes halogenated alkanes) is 2. The first kappa shape index (κ1) is 26.6. The van der Waals surface area contributed by atoms with E-state index in [1.165, 1.54) is 6.20 Å². The van der Waals surface area contributed by atoms with Crippen LogP contribution in [0.5, 0.6) is 5.75 Å². The number of benzene rings is 1. The van der Waals surface area contributed by atoms with Crippen molar-refractivity contribution in [1.29, 1.82) is 0 Å². The maximum absolute atomic E-state index is 13.0. The molecule has 0 saturated carbocycles. The predicted octanol–water partition coefficient (Wildman–Crippen LogP) is 2.21. The second-order valence-corrected chi connectivity index (χ2v) is 11.2. The first-order chi connectivity index (χ1) is 17.2. The molecule has 1 unspecified atom stereocenters. The molecular weight excluding hydrogens is 631 g/mol. The third kappa shape index (κ3) is 5.15. The molecule has 190 valence electrons. The summed E-state index contributed by atoms with van der Waals surface area (Å²) in [5.41, 5.74) is 3.25. The molecule has 0 spiro atoms. The molecule has 0 amide bonds. The summed E-state index contributed by atoms with van der Waals surface area (Å²) in [4.78, 5) is 24.6. The zero-order valence-corrected chi connectivity index (χ0v) is 23.7. The Labute approximate surface area is 222 Å². The summed E-state index contributed by atoms with van der Waals surface area (Å²) >= 11 is 1.13. The van der Waals surface area contributed by atoms with E-state index >= 15 is 0 Å². The van der Waals surface area contributed by atoms with Crippen LogP contribution < -0.4 is 20.6 Å². The Kier molecular flexibility index (Phi) is 8.33. The number of rotatable bonds is 9. The molecule has 36 heavy (non-hydrogen) atoms. The van der Waals surface area contributed by atoms with E-state index in [9.17, 15) is 19.7 Å². The molecule has 1 aromatic heterocycles. The number of fused-ring (bicyclic) bond motifs is 2. The van der Waals surface area contributed by atoms with Crippen molar-refractivity contribution in [2.24, 2.45) is 0 Å². The van der Waals surface area contributed by atoms with Gasteiger partial charge in [-0.1, -0.05) is 19.1 Å². The summed E-state index contributed by atoms with van der Waals surface area (Å²) in [6.07, 6.45) is 8.69. The van der Waals surface area contributed by atoms with Crippen LogP contribution in [0, 0.1) is 6.08 Å². The third-order valence-corrected chi connectivity index (χ3v) is 7.37. The van der Waals surface area contributed by atoms with E-state index in [0.29, 0.717) is 30.9 Å². The summed E-state index contributed by atoms with van der Waals surface area (Å²) in [5.74, 6) is -0.549. The smallest absolute Gasteiger partial charge is 0.0583 e. The Morgan fingerprint density at radius 2 is 2.14 bits per heavy atom. The summed E-state index contributed by atoms with van der Waals surface area (Å²) in [7, 11) is 0.934. The van der Waals surface area contributed by atoms with Crippen LogP contribution in [0.4, 0.5) is 0 Å². The monoisotopic (exact) mass is 661 g/mol.